The summed E-state index contributed by atoms with van der Waals surface area (Å²) in [7, 11) is -7.82. The number of anilines is 1. The Morgan fingerprint density at radius 1 is 1.06 bits per heavy atom. The molecule has 0 aliphatic carbocycles. The lowest BCUT2D eigenvalue weighted by Crippen LogP contribution is -2.27. The van der Waals surface area contributed by atoms with Crippen molar-refractivity contribution in [1.29, 1.82) is 0 Å². The minimum atomic E-state index is -4.27. The first-order valence-electron chi connectivity index (χ1n) is 10.7. The molecule has 13 heteroatoms. The maximum atomic E-state index is 13.5. The fourth-order valence-electron chi connectivity index (χ4n) is 3.71. The number of sulfonamides is 2. The van der Waals surface area contributed by atoms with Crippen molar-refractivity contribution in [2.75, 3.05) is 10.5 Å². The molecule has 1 heterocycles. The van der Waals surface area contributed by atoms with Gasteiger partial charge >= 0.3 is 0 Å². The number of benzene rings is 3. The highest BCUT2D eigenvalue weighted by molar-refractivity contribution is 7.92. The van der Waals surface area contributed by atoms with Crippen molar-refractivity contribution in [2.45, 2.75) is 24.3 Å². The standard InChI is InChI=1S/C23H21FN4O6S2/c1-2-35(31,32)26-19-7-3-5-16(13-19)22-15-23(17-6-4-8-20(14-17)28(29)30)27(25-22)36(33,34)21-11-9-18(24)10-12-21/h3-14,23,26H,2,15H2,1H3. The molecule has 3 aromatic carbocycles. The molecule has 0 bridgehead atoms. The molecule has 188 valence electrons. The predicted octanol–water partition coefficient (Wildman–Crippen LogP) is 4.04. The third kappa shape index (κ3) is 5.21. The predicted molar refractivity (Wildman–Crippen MR) is 132 cm³/mol. The van der Waals surface area contributed by atoms with Gasteiger partial charge < -0.3 is 0 Å². The number of non-ortho nitro benzene ring substituents is 1. The van der Waals surface area contributed by atoms with E-state index < -0.39 is 36.8 Å². The molecule has 0 amide bonds. The molecule has 10 nitrogen and oxygen atoms in total. The summed E-state index contributed by atoms with van der Waals surface area (Å²) in [6, 6.07) is 15.3. The number of nitrogens with one attached hydrogen (secondary N) is 1. The Balaban J connectivity index is 1.79. The Morgan fingerprint density at radius 2 is 1.75 bits per heavy atom. The second-order valence-corrected chi connectivity index (χ2v) is 11.7. The van der Waals surface area contributed by atoms with Gasteiger partial charge in [-0.25, -0.2) is 12.8 Å². The second-order valence-electron chi connectivity index (χ2n) is 7.94. The first kappa shape index (κ1) is 25.3. The molecule has 1 atom stereocenters. The smallest absolute Gasteiger partial charge is 0.279 e. The van der Waals surface area contributed by atoms with Crippen LogP contribution >= 0.6 is 0 Å². The highest BCUT2D eigenvalue weighted by atomic mass is 32.2. The maximum absolute atomic E-state index is 13.5. The molecular weight excluding hydrogens is 511 g/mol. The topological polar surface area (TPSA) is 139 Å². The van der Waals surface area contributed by atoms with Crippen LogP contribution in [0.4, 0.5) is 15.8 Å². The van der Waals surface area contributed by atoms with Crippen LogP contribution in [-0.4, -0.2) is 37.6 Å². The average Bonchev–Trinajstić information content (AvgIpc) is 3.31. The maximum Gasteiger partial charge on any atom is 0.279 e. The van der Waals surface area contributed by atoms with E-state index >= 15 is 0 Å². The van der Waals surface area contributed by atoms with E-state index in [0.29, 0.717) is 16.8 Å². The van der Waals surface area contributed by atoms with Crippen LogP contribution in [0.1, 0.15) is 30.5 Å². The Bertz CT molecular complexity index is 1560. The molecule has 1 aliphatic rings. The normalized spacial score (nSPS) is 16.0. The molecule has 0 fully saturated rings. The first-order chi connectivity index (χ1) is 17.0. The molecule has 0 saturated carbocycles. The number of halogens is 1. The lowest BCUT2D eigenvalue weighted by molar-refractivity contribution is -0.384. The van der Waals surface area contributed by atoms with E-state index in [-0.39, 0.29) is 28.4 Å². The van der Waals surface area contributed by atoms with Crippen molar-refractivity contribution < 1.29 is 26.1 Å². The number of hydrogen-bond donors (Lipinski definition) is 1. The third-order valence-corrected chi connectivity index (χ3v) is 8.55. The van der Waals surface area contributed by atoms with Crippen molar-refractivity contribution in [3.05, 3.63) is 99.9 Å². The summed E-state index contributed by atoms with van der Waals surface area (Å²) in [4.78, 5) is 10.5. The zero-order valence-corrected chi connectivity index (χ0v) is 20.5. The summed E-state index contributed by atoms with van der Waals surface area (Å²) in [5.41, 5.74) is 1.21. The largest absolute Gasteiger partial charge is 0.284 e. The highest BCUT2D eigenvalue weighted by Gasteiger charge is 2.38. The van der Waals surface area contributed by atoms with Crippen molar-refractivity contribution >= 4 is 37.1 Å². The van der Waals surface area contributed by atoms with Crippen LogP contribution in [0, 0.1) is 15.9 Å². The van der Waals surface area contributed by atoms with Crippen LogP contribution < -0.4 is 4.72 Å². The zero-order chi connectivity index (χ0) is 26.1. The molecule has 36 heavy (non-hydrogen) atoms. The summed E-state index contributed by atoms with van der Waals surface area (Å²) in [5, 5.41) is 15.7. The Hall–Kier alpha value is -3.84. The van der Waals surface area contributed by atoms with Crippen LogP contribution in [-0.2, 0) is 20.0 Å². The highest BCUT2D eigenvalue weighted by Crippen LogP contribution is 2.38. The van der Waals surface area contributed by atoms with Crippen molar-refractivity contribution in [1.82, 2.24) is 4.41 Å². The van der Waals surface area contributed by atoms with E-state index in [1.807, 2.05) is 0 Å². The molecule has 0 spiro atoms. The van der Waals surface area contributed by atoms with E-state index in [0.717, 1.165) is 28.7 Å². The molecule has 0 saturated heterocycles. The molecule has 1 unspecified atom stereocenters. The van der Waals surface area contributed by atoms with E-state index in [9.17, 15) is 31.3 Å². The van der Waals surface area contributed by atoms with Crippen LogP contribution in [0.5, 0.6) is 0 Å². The first-order valence-corrected chi connectivity index (χ1v) is 13.8. The third-order valence-electron chi connectivity index (χ3n) is 5.55. The summed E-state index contributed by atoms with van der Waals surface area (Å²) in [5.74, 6) is -0.738. The number of rotatable bonds is 8. The Labute approximate surface area is 207 Å². The molecule has 0 aromatic heterocycles. The lowest BCUT2D eigenvalue weighted by atomic mass is 9.98. The van der Waals surface area contributed by atoms with Gasteiger partial charge in [0, 0.05) is 24.2 Å². The quantitative estimate of drug-likeness (QED) is 0.343. The van der Waals surface area contributed by atoms with Crippen molar-refractivity contribution in [2.24, 2.45) is 5.10 Å². The zero-order valence-electron chi connectivity index (χ0n) is 18.9. The van der Waals surface area contributed by atoms with Crippen LogP contribution in [0.25, 0.3) is 0 Å². The van der Waals surface area contributed by atoms with E-state index in [1.54, 1.807) is 24.3 Å². The van der Waals surface area contributed by atoms with Gasteiger partial charge in [-0.1, -0.05) is 24.3 Å². The van der Waals surface area contributed by atoms with Crippen molar-refractivity contribution in [3.63, 3.8) is 0 Å². The van der Waals surface area contributed by atoms with Crippen LogP contribution in [0.15, 0.2) is 82.8 Å². The second kappa shape index (κ2) is 9.66. The van der Waals surface area contributed by atoms with E-state index in [1.165, 1.54) is 31.2 Å². The number of nitro groups is 1. The van der Waals surface area contributed by atoms with Crippen molar-refractivity contribution in [3.8, 4) is 0 Å². The lowest BCUT2D eigenvalue weighted by Gasteiger charge is -2.23. The minimum Gasteiger partial charge on any atom is -0.284 e. The Morgan fingerprint density at radius 3 is 2.42 bits per heavy atom. The van der Waals surface area contributed by atoms with Gasteiger partial charge in [-0.05, 0) is 54.4 Å². The van der Waals surface area contributed by atoms with Gasteiger partial charge in [0.1, 0.15) is 5.82 Å². The molecule has 3 aromatic rings. The SMILES string of the molecule is CCS(=O)(=O)Nc1cccc(C2=NN(S(=O)(=O)c3ccc(F)cc3)C(c3cccc([N+](=O)[O-])c3)C2)c1. The van der Waals surface area contributed by atoms with Gasteiger partial charge in [-0.3, -0.25) is 14.8 Å². The summed E-state index contributed by atoms with van der Waals surface area (Å²) in [6.07, 6.45) is 0.0611. The molecule has 0 radical (unpaired) electrons. The average molecular weight is 533 g/mol. The molecular formula is C23H21FN4O6S2. The summed E-state index contributed by atoms with van der Waals surface area (Å²) < 4.78 is 67.7. The fourth-order valence-corrected chi connectivity index (χ4v) is 5.77. The number of nitro benzene ring substituents is 1. The minimum absolute atomic E-state index is 0.0611. The van der Waals surface area contributed by atoms with Gasteiger partial charge in [-0.15, -0.1) is 0 Å². The van der Waals surface area contributed by atoms with Gasteiger partial charge in [-0.2, -0.15) is 17.9 Å². The van der Waals surface area contributed by atoms with Crippen LogP contribution in [0.2, 0.25) is 0 Å². The van der Waals surface area contributed by atoms with Gasteiger partial charge in [0.2, 0.25) is 10.0 Å². The molecule has 4 rings (SSSR count). The number of hydrogen-bond acceptors (Lipinski definition) is 7. The summed E-state index contributed by atoms with van der Waals surface area (Å²) in [6.45, 7) is 1.50. The van der Waals surface area contributed by atoms with Crippen LogP contribution in [0.3, 0.4) is 0 Å². The van der Waals surface area contributed by atoms with Gasteiger partial charge in [0.15, 0.2) is 0 Å². The fraction of sp³-hybridized carbons (Fsp3) is 0.174. The van der Waals surface area contributed by atoms with E-state index in [2.05, 4.69) is 9.82 Å². The Kier molecular flexibility index (Phi) is 6.78. The number of nitrogens with zero attached hydrogens (tertiary/aromatic N) is 3. The van der Waals surface area contributed by atoms with Gasteiger partial charge in [0.25, 0.3) is 15.7 Å². The summed E-state index contributed by atoms with van der Waals surface area (Å²) >= 11 is 0. The molecule has 1 N–H and O–H groups in total. The molecule has 1 aliphatic heterocycles. The monoisotopic (exact) mass is 532 g/mol. The van der Waals surface area contributed by atoms with E-state index in [4.69, 9.17) is 0 Å². The van der Waals surface area contributed by atoms with Gasteiger partial charge in [0.05, 0.1) is 27.3 Å². The number of hydrazone groups is 1.